The molecular weight excluding hydrogens is 565 g/mol. The summed E-state index contributed by atoms with van der Waals surface area (Å²) in [6.07, 6.45) is 1.99. The van der Waals surface area contributed by atoms with Crippen molar-refractivity contribution in [3.05, 3.63) is 114 Å². The van der Waals surface area contributed by atoms with Crippen LogP contribution in [-0.4, -0.2) is 14.5 Å². The molecule has 6 heteroatoms. The Labute approximate surface area is 257 Å². The predicted octanol–water partition coefficient (Wildman–Crippen LogP) is 10.3. The molecule has 0 fully saturated rings. The van der Waals surface area contributed by atoms with E-state index in [1.54, 1.807) is 22.7 Å². The smallest absolute Gasteiger partial charge is 0.124 e. The van der Waals surface area contributed by atoms with E-state index in [1.807, 2.05) is 24.3 Å². The second-order valence-corrected chi connectivity index (χ2v) is 12.8. The Kier molecular flexibility index (Phi) is 6.11. The topological polar surface area (TPSA) is 54.5 Å². The second-order valence-electron chi connectivity index (χ2n) is 10.8. The van der Waals surface area contributed by atoms with Crippen LogP contribution in [0.2, 0.25) is 0 Å². The maximum absolute atomic E-state index is 9.98. The van der Waals surface area contributed by atoms with Gasteiger partial charge in [0.2, 0.25) is 0 Å². The molecule has 0 bridgehead atoms. The number of hydrogen-bond acceptors (Lipinski definition) is 5. The van der Waals surface area contributed by atoms with Crippen LogP contribution < -0.4 is 0 Å². The zero-order chi connectivity index (χ0) is 29.1. The standard InChI is InChI=1S/C37H26N4S2/c1-3-22-9-15-34-29(17-22)39-36(42-34)24-11-13-32-27(19-24)28-20-25(37-40-30-18-23(4-2)10-16-35(30)43-37)12-14-33(28)41(32)31-8-6-5-7-26(31)21-38/h5-20H,3-4H2,1-2H3. The monoisotopic (exact) mass is 590 g/mol. The number of rotatable bonds is 5. The van der Waals surface area contributed by atoms with Crippen molar-refractivity contribution in [3.8, 4) is 32.9 Å². The van der Waals surface area contributed by atoms with E-state index in [0.717, 1.165) is 72.5 Å². The maximum Gasteiger partial charge on any atom is 0.124 e. The van der Waals surface area contributed by atoms with Gasteiger partial charge in [0, 0.05) is 21.9 Å². The van der Waals surface area contributed by atoms with Crippen LogP contribution in [0.5, 0.6) is 0 Å². The number of aryl methyl sites for hydroxylation is 2. The molecule has 0 aliphatic heterocycles. The van der Waals surface area contributed by atoms with Gasteiger partial charge in [0.15, 0.2) is 0 Å². The van der Waals surface area contributed by atoms with Gasteiger partial charge in [-0.15, -0.1) is 22.7 Å². The molecule has 0 spiro atoms. The Hall–Kier alpha value is -4.83. The van der Waals surface area contributed by atoms with E-state index in [1.165, 1.54) is 20.5 Å². The third kappa shape index (κ3) is 4.24. The molecule has 0 saturated heterocycles. The van der Waals surface area contributed by atoms with Gasteiger partial charge in [-0.2, -0.15) is 5.26 Å². The van der Waals surface area contributed by atoms with E-state index in [4.69, 9.17) is 9.97 Å². The summed E-state index contributed by atoms with van der Waals surface area (Å²) in [5.74, 6) is 0. The summed E-state index contributed by atoms with van der Waals surface area (Å²) in [5.41, 5.74) is 10.5. The molecule has 43 heavy (non-hydrogen) atoms. The molecule has 206 valence electrons. The summed E-state index contributed by atoms with van der Waals surface area (Å²) >= 11 is 3.46. The summed E-state index contributed by atoms with van der Waals surface area (Å²) < 4.78 is 4.61. The van der Waals surface area contributed by atoms with Crippen molar-refractivity contribution in [1.82, 2.24) is 14.5 Å². The number of fused-ring (bicyclic) bond motifs is 5. The highest BCUT2D eigenvalue weighted by molar-refractivity contribution is 7.22. The highest BCUT2D eigenvalue weighted by atomic mass is 32.1. The van der Waals surface area contributed by atoms with Gasteiger partial charge >= 0.3 is 0 Å². The lowest BCUT2D eigenvalue weighted by Crippen LogP contribution is -1.97. The highest BCUT2D eigenvalue weighted by Crippen LogP contribution is 2.40. The molecule has 0 amide bonds. The highest BCUT2D eigenvalue weighted by Gasteiger charge is 2.18. The number of para-hydroxylation sites is 1. The summed E-state index contributed by atoms with van der Waals surface area (Å²) in [4.78, 5) is 10.1. The molecule has 8 aromatic rings. The van der Waals surface area contributed by atoms with Crippen molar-refractivity contribution < 1.29 is 0 Å². The van der Waals surface area contributed by atoms with Crippen molar-refractivity contribution >= 4 is 64.9 Å². The molecule has 0 N–H and O–H groups in total. The molecule has 0 aliphatic carbocycles. The molecule has 0 radical (unpaired) electrons. The fraction of sp³-hybridized carbons (Fsp3) is 0.108. The largest absolute Gasteiger partial charge is 0.308 e. The molecule has 5 aromatic carbocycles. The van der Waals surface area contributed by atoms with Crippen LogP contribution in [0.15, 0.2) is 97.1 Å². The lowest BCUT2D eigenvalue weighted by atomic mass is 10.1. The fourth-order valence-electron chi connectivity index (χ4n) is 5.94. The van der Waals surface area contributed by atoms with Crippen molar-refractivity contribution in [2.24, 2.45) is 0 Å². The van der Waals surface area contributed by atoms with Gasteiger partial charge in [0.05, 0.1) is 42.7 Å². The third-order valence-electron chi connectivity index (χ3n) is 8.24. The van der Waals surface area contributed by atoms with Crippen molar-refractivity contribution in [3.63, 3.8) is 0 Å². The minimum Gasteiger partial charge on any atom is -0.308 e. The molecule has 0 atom stereocenters. The number of benzene rings is 5. The van der Waals surface area contributed by atoms with Crippen LogP contribution in [0.25, 0.3) is 69.1 Å². The first-order valence-corrected chi connectivity index (χ1v) is 16.1. The van der Waals surface area contributed by atoms with Gasteiger partial charge in [-0.25, -0.2) is 9.97 Å². The fourth-order valence-corrected chi connectivity index (χ4v) is 7.83. The van der Waals surface area contributed by atoms with Gasteiger partial charge < -0.3 is 4.57 Å². The third-order valence-corrected chi connectivity index (χ3v) is 10.4. The first kappa shape index (κ1) is 25.8. The predicted molar refractivity (Wildman–Crippen MR) is 181 cm³/mol. The zero-order valence-corrected chi connectivity index (χ0v) is 25.4. The average Bonchev–Trinajstić information content (AvgIpc) is 3.77. The van der Waals surface area contributed by atoms with Crippen LogP contribution in [0, 0.1) is 11.3 Å². The molecule has 3 heterocycles. The Bertz CT molecular complexity index is 2260. The SMILES string of the molecule is CCc1ccc2sc(-c3ccc4c(c3)c3cc(-c5nc6cc(CC)ccc6s5)ccc3n4-c3ccccc3C#N)nc2c1. The Balaban J connectivity index is 1.37. The molecule has 8 rings (SSSR count). The van der Waals surface area contributed by atoms with E-state index in [-0.39, 0.29) is 0 Å². The van der Waals surface area contributed by atoms with Gasteiger partial charge in [0.25, 0.3) is 0 Å². The van der Waals surface area contributed by atoms with Crippen LogP contribution in [0.4, 0.5) is 0 Å². The summed E-state index contributed by atoms with van der Waals surface area (Å²) in [6.45, 7) is 4.35. The van der Waals surface area contributed by atoms with Gasteiger partial charge in [-0.1, -0.05) is 38.1 Å². The normalized spacial score (nSPS) is 11.7. The van der Waals surface area contributed by atoms with Crippen molar-refractivity contribution in [1.29, 1.82) is 5.26 Å². The first-order chi connectivity index (χ1) is 21.1. The number of hydrogen-bond donors (Lipinski definition) is 0. The molecule has 0 saturated carbocycles. The van der Waals surface area contributed by atoms with Crippen LogP contribution in [-0.2, 0) is 12.8 Å². The van der Waals surface area contributed by atoms with E-state index in [2.05, 4.69) is 97.3 Å². The second kappa shape index (κ2) is 10.2. The molecule has 0 aliphatic rings. The summed E-state index contributed by atoms with van der Waals surface area (Å²) in [6, 6.07) is 36.6. The van der Waals surface area contributed by atoms with Crippen LogP contribution >= 0.6 is 22.7 Å². The summed E-state index contributed by atoms with van der Waals surface area (Å²) in [5, 5.41) is 14.3. The zero-order valence-electron chi connectivity index (χ0n) is 23.8. The molecule has 0 unspecified atom stereocenters. The average molecular weight is 591 g/mol. The quantitative estimate of drug-likeness (QED) is 0.200. The number of nitriles is 1. The first-order valence-electron chi connectivity index (χ1n) is 14.5. The van der Waals surface area contributed by atoms with Crippen LogP contribution in [0.3, 0.4) is 0 Å². The van der Waals surface area contributed by atoms with Crippen molar-refractivity contribution in [2.45, 2.75) is 26.7 Å². The number of nitrogens with zero attached hydrogens (tertiary/aromatic N) is 4. The van der Waals surface area contributed by atoms with Gasteiger partial charge in [-0.05, 0) is 96.8 Å². The Morgan fingerprint density at radius 2 is 1.19 bits per heavy atom. The van der Waals surface area contributed by atoms with E-state index >= 15 is 0 Å². The lowest BCUT2D eigenvalue weighted by Gasteiger charge is -2.10. The van der Waals surface area contributed by atoms with Crippen molar-refractivity contribution in [2.75, 3.05) is 0 Å². The molecular formula is C37H26N4S2. The summed E-state index contributed by atoms with van der Waals surface area (Å²) in [7, 11) is 0. The van der Waals surface area contributed by atoms with Crippen LogP contribution in [0.1, 0.15) is 30.5 Å². The Morgan fingerprint density at radius 3 is 1.70 bits per heavy atom. The van der Waals surface area contributed by atoms with E-state index in [9.17, 15) is 5.26 Å². The number of aromatic nitrogens is 3. The minimum atomic E-state index is 0.644. The van der Waals surface area contributed by atoms with E-state index in [0.29, 0.717) is 5.56 Å². The van der Waals surface area contributed by atoms with Gasteiger partial charge in [-0.3, -0.25) is 0 Å². The Morgan fingerprint density at radius 1 is 0.651 bits per heavy atom. The van der Waals surface area contributed by atoms with Gasteiger partial charge in [0.1, 0.15) is 16.1 Å². The lowest BCUT2D eigenvalue weighted by molar-refractivity contribution is 1.14. The molecule has 4 nitrogen and oxygen atoms in total. The maximum atomic E-state index is 9.98. The molecule has 3 aromatic heterocycles. The number of thiazole rings is 2. The minimum absolute atomic E-state index is 0.644. The van der Waals surface area contributed by atoms with E-state index < -0.39 is 0 Å².